The SMILES string of the molecule is CC(C)O.CC(C)Oc1cncc(-c2ccc3c(c2)C(I)=CC3)n1.CC(C)Oc1cncc(-c2ccc3c(c2)C=CC3)n1.CC(C)Oc1cncc(Cl)n1.CC1(C)OB(c2ccc3c(c2)C=CC3)OC1(C)C.Cc1ccc(S(=O)(=O)n2cc(I)c3cc(-c4cncc(OC(C)C)n4)ccc32)cc1.Cc1cncc(N[C@@H]2CCCN(C(=O)OC(C)(C)C)C2)n1.Clc1cncc(Cl)n1.[2H]CF.[2H]CF. The van der Waals surface area contributed by atoms with Crippen molar-refractivity contribution in [1.82, 2.24) is 68.7 Å². The number of ether oxygens (including phenoxy) is 5. The van der Waals surface area contributed by atoms with Crippen LogP contribution in [-0.4, -0.2) is 176 Å². The van der Waals surface area contributed by atoms with Gasteiger partial charge in [0.25, 0.3) is 10.0 Å². The number of fused-ring (bicyclic) bond motifs is 4. The summed E-state index contributed by atoms with van der Waals surface area (Å²) in [7, 11) is -5.95. The predicted octanol–water partition coefficient (Wildman–Crippen LogP) is 23.2. The molecule has 2 N–H and O–H groups in total. The number of benzene rings is 5. The molecule has 0 radical (unpaired) electrons. The first kappa shape index (κ1) is 107. The largest absolute Gasteiger partial charge is 0.494 e. The quantitative estimate of drug-likeness (QED) is 0.0670. The number of alkyl halides is 2. The molecule has 26 nitrogen and oxygen atoms in total. The van der Waals surface area contributed by atoms with Crippen LogP contribution < -0.4 is 29.7 Å². The molecule has 2 aliphatic heterocycles. The molecule has 35 heteroatoms. The predicted molar refractivity (Wildman–Crippen MR) is 553 cm³/mol. The minimum absolute atomic E-state index is 0.000934. The van der Waals surface area contributed by atoms with Crippen molar-refractivity contribution in [2.75, 3.05) is 32.7 Å². The fourth-order valence-electron chi connectivity index (χ4n) is 13.2. The standard InChI is InChI=1S/C22H20IN3O3S.C16H15IN2O.C16H16N2O.C15H19BO2.C15H24N4O2.C7H9ClN2O.C4H2Cl2N2.C3H8O.2CH3F/c1-14(2)29-22-12-24-11-20(25-22)16-6-9-21-18(10-16)19(23)13-26(21)30(27,28)17-7-4-15(3)5-8-17;1-10(2)20-16-9-18-8-15(19-16)12-4-3-11-5-6-14(17)13(11)7-12;1-11(2)19-16-10-17-9-15(18-16)14-7-6-12-4-3-5-13(12)8-14;1-14(2)15(3,4)18-16(17-14)13-9-8-11-6-5-7-12(11)10-13;1-11-8-16-9-13(17-11)18-12-6-5-7-19(10-12)14(20)21-15(2,3)4;1-5(2)11-7-4-9-3-6(8)10-7;5-3-1-7-2-4(6)8-3;1-3(2)4;2*1-2/h4-14H,1-3H3;3-4,6-10H,5H2,1-2H3;3,5-11H,4H2,1-2H3;5,7-10H,6H2,1-4H3;8-9,12H,5-7,10H2,1-4H3,(H,17,18);3-5H,1-2H3;1-2H;3-4H,1-2H3;2*1H3/t;;;;12-;;;;;/m....1...../s1/i;;;;;;;;2*1D. The van der Waals surface area contributed by atoms with Gasteiger partial charge in [-0.25, -0.2) is 42.1 Å². The van der Waals surface area contributed by atoms with E-state index in [4.69, 9.17) is 75.6 Å². The first-order valence-electron chi connectivity index (χ1n) is 45.0. The van der Waals surface area contributed by atoms with E-state index in [-0.39, 0.29) is 65.9 Å². The number of halogens is 7. The summed E-state index contributed by atoms with van der Waals surface area (Å²) in [6, 6.07) is 32.0. The third kappa shape index (κ3) is 34.4. The van der Waals surface area contributed by atoms with Crippen molar-refractivity contribution in [3.63, 3.8) is 0 Å². The number of hydrogen-bond acceptors (Lipinski definition) is 24. The Bertz CT molecular complexity index is 6120. The number of hydrogen-bond donors (Lipinski definition) is 2. The second kappa shape index (κ2) is 52.3. The van der Waals surface area contributed by atoms with E-state index in [1.807, 2.05) is 102 Å². The van der Waals surface area contributed by atoms with Crippen molar-refractivity contribution in [1.29, 1.82) is 0 Å². The van der Waals surface area contributed by atoms with Gasteiger partial charge in [-0.15, -0.1) is 0 Å². The molecule has 7 aromatic heterocycles. The van der Waals surface area contributed by atoms with Crippen LogP contribution >= 0.6 is 80.0 Å². The zero-order valence-electron chi connectivity index (χ0n) is 81.4. The Hall–Kier alpha value is -10.3. The summed E-state index contributed by atoms with van der Waals surface area (Å²) in [5.74, 6) is 2.82. The highest BCUT2D eigenvalue weighted by molar-refractivity contribution is 14.1. The Morgan fingerprint density at radius 1 is 0.578 bits per heavy atom. The number of aromatic nitrogens is 13. The van der Waals surface area contributed by atoms with Gasteiger partial charge in [0, 0.05) is 66.9 Å². The Morgan fingerprint density at radius 2 is 1.02 bits per heavy atom. The zero-order valence-corrected chi connectivity index (χ0v) is 86.8. The normalized spacial score (nSPS) is 14.5. The maximum Gasteiger partial charge on any atom is 0.494 e. The van der Waals surface area contributed by atoms with E-state index in [1.165, 1.54) is 65.7 Å². The minimum Gasteiger partial charge on any atom is -0.474 e. The lowest BCUT2D eigenvalue weighted by Gasteiger charge is -2.34. The number of aliphatic hydroxyl groups excluding tert-OH is 1. The summed E-state index contributed by atoms with van der Waals surface area (Å²) < 4.78 is 100. The number of carbonyl (C=O) groups is 1. The van der Waals surface area contributed by atoms with Crippen LogP contribution in [0.4, 0.5) is 19.4 Å². The average Bonchev–Trinajstić information content (AvgIpc) is 1.62. The fraction of sp³-hybridized carbons (Fsp3) is 0.370. The van der Waals surface area contributed by atoms with Crippen LogP contribution in [0.15, 0.2) is 201 Å². The van der Waals surface area contributed by atoms with Gasteiger partial charge in [0.05, 0.1) is 154 Å². The lowest BCUT2D eigenvalue weighted by atomic mass is 9.78. The molecule has 3 aliphatic carbocycles. The zero-order chi connectivity index (χ0) is 100. The van der Waals surface area contributed by atoms with Gasteiger partial charge >= 0.3 is 13.2 Å². The highest BCUT2D eigenvalue weighted by Gasteiger charge is 2.52. The van der Waals surface area contributed by atoms with Crippen LogP contribution in [0.3, 0.4) is 0 Å². The summed E-state index contributed by atoms with van der Waals surface area (Å²) in [6.45, 7) is 38.3. The van der Waals surface area contributed by atoms with E-state index in [1.54, 1.807) is 105 Å². The van der Waals surface area contributed by atoms with Crippen LogP contribution in [0.2, 0.25) is 15.5 Å². The van der Waals surface area contributed by atoms with Crippen molar-refractivity contribution < 1.29 is 62.8 Å². The number of allylic oxidation sites excluding steroid dienone is 3. The molecule has 718 valence electrons. The number of carbonyl (C=O) groups excluding carboxylic acids is 1. The molecule has 135 heavy (non-hydrogen) atoms. The van der Waals surface area contributed by atoms with Gasteiger partial charge in [-0.3, -0.25) is 38.7 Å². The number of aliphatic hydroxyl groups is 1. The van der Waals surface area contributed by atoms with Gasteiger partial charge in [-0.05, 0) is 284 Å². The maximum absolute atomic E-state index is 13.2. The molecule has 5 aromatic carbocycles. The van der Waals surface area contributed by atoms with E-state index in [2.05, 4.69) is 223 Å². The third-order valence-electron chi connectivity index (χ3n) is 19.8. The number of nitrogens with one attached hydrogen (secondary N) is 1. The van der Waals surface area contributed by atoms with E-state index in [0.717, 1.165) is 98.2 Å². The number of piperidine rings is 1. The summed E-state index contributed by atoms with van der Waals surface area (Å²) in [4.78, 5) is 63.8. The molecule has 1 atom stereocenters. The summed E-state index contributed by atoms with van der Waals surface area (Å²) in [5, 5.41) is 13.2. The summed E-state index contributed by atoms with van der Waals surface area (Å²) >= 11 is 20.9. The van der Waals surface area contributed by atoms with Crippen molar-refractivity contribution in [2.45, 2.75) is 222 Å². The number of aryl methyl sites for hydroxylation is 2. The van der Waals surface area contributed by atoms with Crippen LogP contribution in [0, 0.1) is 17.4 Å². The monoisotopic (exact) mass is 2150 g/mol. The van der Waals surface area contributed by atoms with Gasteiger partial charge in [0.2, 0.25) is 23.5 Å². The second-order valence-electron chi connectivity index (χ2n) is 34.4. The Balaban J connectivity index is 0.000000197. The Kier molecular flexibility index (Phi) is 41.3. The smallest absolute Gasteiger partial charge is 0.474 e. The van der Waals surface area contributed by atoms with E-state index in [0.29, 0.717) is 56.7 Å². The van der Waals surface area contributed by atoms with E-state index in [9.17, 15) is 22.0 Å². The van der Waals surface area contributed by atoms with Crippen molar-refractivity contribution in [3.8, 4) is 57.3 Å². The molecule has 0 unspecified atom stereocenters. The lowest BCUT2D eigenvalue weighted by molar-refractivity contribution is 0.00578. The lowest BCUT2D eigenvalue weighted by Crippen LogP contribution is -2.47. The van der Waals surface area contributed by atoms with E-state index < -0.39 is 29.9 Å². The summed E-state index contributed by atoms with van der Waals surface area (Å²) in [5.41, 5.74) is 16.0. The number of nitrogens with zero attached hydrogens (tertiary/aromatic N) is 14. The fourth-order valence-corrected chi connectivity index (χ4v) is 16.7. The van der Waals surface area contributed by atoms with Gasteiger partial charge in [0.1, 0.15) is 21.7 Å². The molecule has 17 rings (SSSR count). The maximum atomic E-state index is 13.2. The van der Waals surface area contributed by atoms with Gasteiger partial charge in [0.15, 0.2) is 5.15 Å². The highest BCUT2D eigenvalue weighted by atomic mass is 127. The first-order valence-corrected chi connectivity index (χ1v) is 48.3. The number of anilines is 1. The number of rotatable bonds is 16. The molecule has 9 heterocycles. The van der Waals surface area contributed by atoms with E-state index >= 15 is 0 Å². The molecule has 2 saturated heterocycles. The second-order valence-corrected chi connectivity index (χ2v) is 39.7. The molecular weight excluding hydrogens is 2030 g/mol. The molecule has 5 aliphatic rings. The number of amides is 1. The molecule has 1 amide bonds. The first-order chi connectivity index (χ1) is 64.9. The van der Waals surface area contributed by atoms with Gasteiger partial charge < -0.3 is 48.3 Å². The van der Waals surface area contributed by atoms with Crippen LogP contribution in [-0.2, 0) is 43.3 Å². The van der Waals surface area contributed by atoms with Crippen molar-refractivity contribution in [3.05, 3.63) is 260 Å². The minimum atomic E-state index is -3.70. The Morgan fingerprint density at radius 3 is 1.50 bits per heavy atom. The molecule has 2 fully saturated rings. The third-order valence-corrected chi connectivity index (χ3v) is 23.9. The van der Waals surface area contributed by atoms with Crippen molar-refractivity contribution >= 4 is 141 Å². The highest BCUT2D eigenvalue weighted by Crippen LogP contribution is 2.39. The van der Waals surface area contributed by atoms with Gasteiger partial charge in [-0.1, -0.05) is 131 Å². The van der Waals surface area contributed by atoms with Gasteiger partial charge in [-0.2, -0.15) is 4.98 Å². The van der Waals surface area contributed by atoms with Crippen LogP contribution in [0.25, 0.3) is 60.4 Å². The van der Waals surface area contributed by atoms with Crippen LogP contribution in [0.1, 0.15) is 178 Å². The Labute approximate surface area is 837 Å². The molecule has 12 aromatic rings. The topological polar surface area (TPSA) is 311 Å². The van der Waals surface area contributed by atoms with Crippen molar-refractivity contribution in [2.24, 2.45) is 0 Å². The van der Waals surface area contributed by atoms with Crippen LogP contribution in [0.5, 0.6) is 23.5 Å². The average molecular weight is 2150 g/mol. The summed E-state index contributed by atoms with van der Waals surface area (Å²) in [6.07, 6.45) is 36.9. The molecular formula is C100H119BCl3F2I2N15O11S. The molecule has 0 saturated carbocycles. The number of likely N-dealkylation sites (tertiary alicyclic amines) is 1. The molecule has 0 bridgehead atoms. The molecule has 0 spiro atoms.